The summed E-state index contributed by atoms with van der Waals surface area (Å²) < 4.78 is 1.87. The molecule has 0 aliphatic rings. The number of unbranched alkanes of at least 4 members (excludes halogenated alkanes) is 3. The first kappa shape index (κ1) is 13.0. The largest absolute Gasteiger partial charge is 0.313 e. The van der Waals surface area contributed by atoms with Crippen molar-refractivity contribution in [1.29, 1.82) is 0 Å². The molecule has 0 radical (unpaired) electrons. The molecule has 16 heavy (non-hydrogen) atoms. The third kappa shape index (κ3) is 4.62. The molecule has 0 saturated heterocycles. The van der Waals surface area contributed by atoms with Gasteiger partial charge < -0.3 is 5.32 Å². The molecule has 3 nitrogen and oxygen atoms in total. The predicted molar refractivity (Wildman–Crippen MR) is 68.3 cm³/mol. The van der Waals surface area contributed by atoms with Crippen LogP contribution in [-0.4, -0.2) is 16.3 Å². The zero-order valence-electron chi connectivity index (χ0n) is 10.5. The second kappa shape index (κ2) is 7.23. The first-order chi connectivity index (χ1) is 7.74. The zero-order valence-corrected chi connectivity index (χ0v) is 10.5. The third-order valence-corrected chi connectivity index (χ3v) is 2.69. The zero-order chi connectivity index (χ0) is 11.8. The van der Waals surface area contributed by atoms with Crippen molar-refractivity contribution in [3.05, 3.63) is 30.1 Å². The van der Waals surface area contributed by atoms with E-state index in [0.29, 0.717) is 0 Å². The van der Waals surface area contributed by atoms with Crippen molar-refractivity contribution in [1.82, 2.24) is 15.1 Å². The minimum Gasteiger partial charge on any atom is -0.313 e. The second-order valence-corrected chi connectivity index (χ2v) is 4.23. The van der Waals surface area contributed by atoms with Gasteiger partial charge in [-0.1, -0.05) is 12.5 Å². The normalized spacial score (nSPS) is 10.6. The average Bonchev–Trinajstić information content (AvgIpc) is 2.56. The lowest BCUT2D eigenvalue weighted by Gasteiger charge is -2.03. The highest BCUT2D eigenvalue weighted by atomic mass is 15.2. The summed E-state index contributed by atoms with van der Waals surface area (Å²) in [5, 5.41) is 7.77. The molecule has 0 atom stereocenters. The van der Waals surface area contributed by atoms with Gasteiger partial charge in [0.25, 0.3) is 0 Å². The van der Waals surface area contributed by atoms with Gasteiger partial charge in [0.05, 0.1) is 5.69 Å². The maximum atomic E-state index is 4.32. The molecular formula is C13H23N3. The Morgan fingerprint density at radius 3 is 2.88 bits per heavy atom. The highest BCUT2D eigenvalue weighted by molar-refractivity contribution is 5.14. The van der Waals surface area contributed by atoms with Gasteiger partial charge in [0.1, 0.15) is 0 Å². The number of hydrogen-bond acceptors (Lipinski definition) is 2. The van der Waals surface area contributed by atoms with Gasteiger partial charge in [-0.25, -0.2) is 0 Å². The van der Waals surface area contributed by atoms with Gasteiger partial charge in [0.2, 0.25) is 0 Å². The van der Waals surface area contributed by atoms with Gasteiger partial charge in [-0.2, -0.15) is 5.10 Å². The maximum Gasteiger partial charge on any atom is 0.0638 e. The maximum absolute atomic E-state index is 4.32. The fourth-order valence-electron chi connectivity index (χ4n) is 1.76. The van der Waals surface area contributed by atoms with E-state index >= 15 is 0 Å². The van der Waals surface area contributed by atoms with Crippen molar-refractivity contribution < 1.29 is 0 Å². The summed E-state index contributed by atoms with van der Waals surface area (Å²) in [5.74, 6) is 0. The van der Waals surface area contributed by atoms with Crippen LogP contribution >= 0.6 is 0 Å². The van der Waals surface area contributed by atoms with Crippen molar-refractivity contribution in [2.75, 3.05) is 6.54 Å². The Morgan fingerprint density at radius 1 is 1.44 bits per heavy atom. The number of nitrogens with zero attached hydrogens (tertiary/aromatic N) is 2. The Morgan fingerprint density at radius 2 is 2.25 bits per heavy atom. The monoisotopic (exact) mass is 221 g/mol. The highest BCUT2D eigenvalue weighted by Crippen LogP contribution is 2.04. The van der Waals surface area contributed by atoms with E-state index in [4.69, 9.17) is 0 Å². The summed E-state index contributed by atoms with van der Waals surface area (Å²) in [4.78, 5) is 0. The lowest BCUT2D eigenvalue weighted by molar-refractivity contribution is 0.605. The number of hydrogen-bond donors (Lipinski definition) is 1. The molecule has 1 heterocycles. The molecule has 0 unspecified atom stereocenters. The quantitative estimate of drug-likeness (QED) is 0.540. The van der Waals surface area contributed by atoms with Crippen molar-refractivity contribution in [2.24, 2.45) is 7.05 Å². The Kier molecular flexibility index (Phi) is 5.86. The van der Waals surface area contributed by atoms with Crippen molar-refractivity contribution in [3.8, 4) is 0 Å². The lowest BCUT2D eigenvalue weighted by atomic mass is 10.2. The van der Waals surface area contributed by atoms with Crippen LogP contribution in [0.25, 0.3) is 0 Å². The van der Waals surface area contributed by atoms with E-state index in [9.17, 15) is 0 Å². The minimum absolute atomic E-state index is 0.932. The third-order valence-electron chi connectivity index (χ3n) is 2.69. The molecule has 0 amide bonds. The Balaban J connectivity index is 2.07. The molecule has 0 aliphatic heterocycles. The molecule has 0 fully saturated rings. The molecule has 3 heteroatoms. The lowest BCUT2D eigenvalue weighted by Crippen LogP contribution is -2.14. The van der Waals surface area contributed by atoms with E-state index in [2.05, 4.69) is 30.1 Å². The molecule has 0 aromatic carbocycles. The predicted octanol–water partition coefficient (Wildman–Crippen LogP) is 2.56. The summed E-state index contributed by atoms with van der Waals surface area (Å²) in [6.07, 6.45) is 9.00. The van der Waals surface area contributed by atoms with Crippen LogP contribution in [0.3, 0.4) is 0 Å². The molecule has 0 saturated carbocycles. The standard InChI is InChI=1S/C13H23N3/c1-4-5-6-7-8-9-14-10-13-11-16(3)15-12(13)2/h4,11,14H,1,5-10H2,2-3H3. The van der Waals surface area contributed by atoms with Crippen LogP contribution in [0.1, 0.15) is 36.9 Å². The molecule has 0 aliphatic carbocycles. The van der Waals surface area contributed by atoms with Gasteiger partial charge in [-0.3, -0.25) is 4.68 Å². The molecular weight excluding hydrogens is 198 g/mol. The second-order valence-electron chi connectivity index (χ2n) is 4.23. The van der Waals surface area contributed by atoms with E-state index < -0.39 is 0 Å². The van der Waals surface area contributed by atoms with E-state index in [1.54, 1.807) is 0 Å². The molecule has 1 N–H and O–H groups in total. The SMILES string of the molecule is C=CCCCCCNCc1cn(C)nc1C. The van der Waals surface area contributed by atoms with Crippen LogP contribution in [-0.2, 0) is 13.6 Å². The van der Waals surface area contributed by atoms with Gasteiger partial charge in [-0.05, 0) is 32.7 Å². The summed E-state index contributed by atoms with van der Waals surface area (Å²) in [7, 11) is 1.96. The van der Waals surface area contributed by atoms with Gasteiger partial charge in [0.15, 0.2) is 0 Å². The van der Waals surface area contributed by atoms with Crippen LogP contribution in [0.4, 0.5) is 0 Å². The fraction of sp³-hybridized carbons (Fsp3) is 0.615. The molecule has 1 aromatic heterocycles. The summed E-state index contributed by atoms with van der Waals surface area (Å²) in [6.45, 7) is 7.80. The molecule has 0 spiro atoms. The van der Waals surface area contributed by atoms with E-state index in [-0.39, 0.29) is 0 Å². The Hall–Kier alpha value is -1.09. The van der Waals surface area contributed by atoms with Crippen LogP contribution in [0.2, 0.25) is 0 Å². The van der Waals surface area contributed by atoms with Crippen LogP contribution in [0.15, 0.2) is 18.9 Å². The summed E-state index contributed by atoms with van der Waals surface area (Å²) in [5.41, 5.74) is 2.43. The van der Waals surface area contributed by atoms with Crippen molar-refractivity contribution in [3.63, 3.8) is 0 Å². The van der Waals surface area contributed by atoms with Crippen molar-refractivity contribution >= 4 is 0 Å². The topological polar surface area (TPSA) is 29.9 Å². The molecule has 1 rings (SSSR count). The van der Waals surface area contributed by atoms with Gasteiger partial charge in [-0.15, -0.1) is 6.58 Å². The number of allylic oxidation sites excluding steroid dienone is 1. The van der Waals surface area contributed by atoms with Crippen LogP contribution in [0.5, 0.6) is 0 Å². The van der Waals surface area contributed by atoms with Crippen molar-refractivity contribution in [2.45, 2.75) is 39.2 Å². The van der Waals surface area contributed by atoms with E-state index in [0.717, 1.165) is 25.2 Å². The number of rotatable bonds is 8. The summed E-state index contributed by atoms with van der Waals surface area (Å²) in [6, 6.07) is 0. The Labute approximate surface area is 98.5 Å². The number of nitrogens with one attached hydrogen (secondary N) is 1. The number of aryl methyl sites for hydroxylation is 2. The van der Waals surface area contributed by atoms with Gasteiger partial charge in [0, 0.05) is 25.4 Å². The molecule has 0 bridgehead atoms. The fourth-order valence-corrected chi connectivity index (χ4v) is 1.76. The molecule has 1 aromatic rings. The first-order valence-corrected chi connectivity index (χ1v) is 6.04. The highest BCUT2D eigenvalue weighted by Gasteiger charge is 2.01. The average molecular weight is 221 g/mol. The van der Waals surface area contributed by atoms with E-state index in [1.165, 1.54) is 24.8 Å². The smallest absolute Gasteiger partial charge is 0.0638 e. The van der Waals surface area contributed by atoms with Gasteiger partial charge >= 0.3 is 0 Å². The van der Waals surface area contributed by atoms with Crippen LogP contribution in [0, 0.1) is 6.92 Å². The summed E-state index contributed by atoms with van der Waals surface area (Å²) >= 11 is 0. The van der Waals surface area contributed by atoms with Crippen LogP contribution < -0.4 is 5.32 Å². The number of aromatic nitrogens is 2. The van der Waals surface area contributed by atoms with E-state index in [1.807, 2.05) is 17.8 Å². The molecule has 90 valence electrons. The Bertz CT molecular complexity index is 315. The first-order valence-electron chi connectivity index (χ1n) is 6.04. The minimum atomic E-state index is 0.932.